The van der Waals surface area contributed by atoms with Crippen molar-refractivity contribution in [1.29, 1.82) is 0 Å². The van der Waals surface area contributed by atoms with Gasteiger partial charge in [-0.05, 0) is 37.1 Å². The summed E-state index contributed by atoms with van der Waals surface area (Å²) in [5.41, 5.74) is 0.252. The van der Waals surface area contributed by atoms with Crippen LogP contribution in [0.3, 0.4) is 0 Å². The average Bonchev–Trinajstić information content (AvgIpc) is 2.72. The Morgan fingerprint density at radius 3 is 1.47 bits per heavy atom. The average molecular weight is 528 g/mol. The Hall–Kier alpha value is -2.69. The van der Waals surface area contributed by atoms with Crippen LogP contribution in [0.2, 0.25) is 0 Å². The van der Waals surface area contributed by atoms with Crippen LogP contribution in [0.25, 0.3) is 0 Å². The Morgan fingerprint density at radius 1 is 0.750 bits per heavy atom. The SMILES string of the molecule is O=C(O)c1cccc(C=NC2CCCCC2N=Cc2cccc(C(=O)O)c2O)c1O.[Ni].[Ni]. The fourth-order valence-electron chi connectivity index (χ4n) is 3.47. The zero-order valence-corrected chi connectivity index (χ0v) is 18.7. The van der Waals surface area contributed by atoms with Crippen molar-refractivity contribution in [2.75, 3.05) is 0 Å². The molecular weight excluding hydrogens is 506 g/mol. The molecule has 2 atom stereocenters. The number of hydrogen-bond donors (Lipinski definition) is 4. The van der Waals surface area contributed by atoms with Crippen LogP contribution in [0, 0.1) is 0 Å². The molecular formula is C22H22N2Ni2O6. The van der Waals surface area contributed by atoms with E-state index in [0.717, 1.165) is 25.7 Å². The second-order valence-electron chi connectivity index (χ2n) is 7.07. The fraction of sp³-hybridized carbons (Fsp3) is 0.273. The zero-order valence-electron chi connectivity index (χ0n) is 16.7. The Kier molecular flexibility index (Phi) is 10.6. The standard InChI is InChI=1S/C22H22N2O6.2Ni/c25-19-13(5-3-7-15(19)21(27)28)11-23-17-9-1-2-10-18(17)24-12-14-6-4-8-16(20(14)26)22(29)30;;/h3-8,11-12,17-18,25-26H,1-2,9-10H2,(H,27,28)(H,29,30);;. The van der Waals surface area contributed by atoms with E-state index in [1.807, 2.05) is 0 Å². The molecule has 2 aromatic rings. The number of nitrogens with zero attached hydrogens (tertiary/aromatic N) is 2. The first-order chi connectivity index (χ1) is 14.4. The van der Waals surface area contributed by atoms with Gasteiger partial charge in [0, 0.05) is 56.5 Å². The predicted octanol–water partition coefficient (Wildman–Crippen LogP) is 3.34. The van der Waals surface area contributed by atoms with E-state index in [-0.39, 0.29) is 67.7 Å². The third-order valence-electron chi connectivity index (χ3n) is 5.10. The van der Waals surface area contributed by atoms with Gasteiger partial charge in [0.1, 0.15) is 22.6 Å². The summed E-state index contributed by atoms with van der Waals surface area (Å²) < 4.78 is 0. The van der Waals surface area contributed by atoms with Gasteiger partial charge >= 0.3 is 11.9 Å². The summed E-state index contributed by atoms with van der Waals surface area (Å²) in [7, 11) is 0. The van der Waals surface area contributed by atoms with Gasteiger partial charge in [0.2, 0.25) is 0 Å². The number of hydrogen-bond acceptors (Lipinski definition) is 6. The van der Waals surface area contributed by atoms with E-state index in [4.69, 9.17) is 10.2 Å². The molecule has 10 heteroatoms. The molecule has 0 spiro atoms. The minimum absolute atomic E-state index is 0. The number of rotatable bonds is 6. The molecule has 8 nitrogen and oxygen atoms in total. The number of para-hydroxylation sites is 2. The summed E-state index contributed by atoms with van der Waals surface area (Å²) in [4.78, 5) is 31.4. The van der Waals surface area contributed by atoms with Gasteiger partial charge in [0.15, 0.2) is 0 Å². The Morgan fingerprint density at radius 2 is 1.12 bits per heavy atom. The van der Waals surface area contributed by atoms with E-state index < -0.39 is 11.9 Å². The molecule has 0 aromatic heterocycles. The van der Waals surface area contributed by atoms with Crippen LogP contribution in [0.4, 0.5) is 0 Å². The summed E-state index contributed by atoms with van der Waals surface area (Å²) >= 11 is 0. The Labute approximate surface area is 205 Å². The van der Waals surface area contributed by atoms with Crippen LogP contribution >= 0.6 is 0 Å². The van der Waals surface area contributed by atoms with Crippen LogP contribution in [0.15, 0.2) is 46.4 Å². The topological polar surface area (TPSA) is 140 Å². The normalized spacial score (nSPS) is 18.1. The predicted molar refractivity (Wildman–Crippen MR) is 111 cm³/mol. The third-order valence-corrected chi connectivity index (χ3v) is 5.10. The van der Waals surface area contributed by atoms with E-state index in [1.165, 1.54) is 24.6 Å². The number of aromatic carboxylic acids is 2. The molecule has 32 heavy (non-hydrogen) atoms. The Bertz CT molecular complexity index is 944. The number of carbonyl (C=O) groups is 2. The van der Waals surface area contributed by atoms with Crippen molar-refractivity contribution >= 4 is 24.4 Å². The molecule has 3 rings (SSSR count). The van der Waals surface area contributed by atoms with Crippen LogP contribution in [-0.2, 0) is 33.0 Å². The number of carboxylic acid groups (broad SMARTS) is 2. The number of aromatic hydroxyl groups is 2. The minimum Gasteiger partial charge on any atom is -0.506 e. The van der Waals surface area contributed by atoms with Crippen molar-refractivity contribution in [2.24, 2.45) is 9.98 Å². The maximum Gasteiger partial charge on any atom is 0.339 e. The van der Waals surface area contributed by atoms with Crippen LogP contribution in [0.1, 0.15) is 57.5 Å². The summed E-state index contributed by atoms with van der Waals surface area (Å²) in [6, 6.07) is 8.54. The number of phenols is 2. The van der Waals surface area contributed by atoms with Gasteiger partial charge in [-0.25, -0.2) is 9.59 Å². The summed E-state index contributed by atoms with van der Waals surface area (Å²) in [6.45, 7) is 0. The Balaban J connectivity index is 0.00000256. The quantitative estimate of drug-likeness (QED) is 0.336. The molecule has 1 aliphatic carbocycles. The van der Waals surface area contributed by atoms with Crippen molar-refractivity contribution < 1.29 is 63.0 Å². The van der Waals surface area contributed by atoms with E-state index >= 15 is 0 Å². The van der Waals surface area contributed by atoms with Gasteiger partial charge in [-0.1, -0.05) is 25.0 Å². The monoisotopic (exact) mass is 526 g/mol. The van der Waals surface area contributed by atoms with Crippen molar-refractivity contribution in [1.82, 2.24) is 0 Å². The van der Waals surface area contributed by atoms with Crippen molar-refractivity contribution in [2.45, 2.75) is 37.8 Å². The molecule has 0 bridgehead atoms. The fourth-order valence-corrected chi connectivity index (χ4v) is 3.47. The zero-order chi connectivity index (χ0) is 21.7. The van der Waals surface area contributed by atoms with E-state index in [0.29, 0.717) is 11.1 Å². The summed E-state index contributed by atoms with van der Waals surface area (Å²) in [5, 5.41) is 38.5. The molecule has 0 aliphatic heterocycles. The molecule has 1 aliphatic rings. The van der Waals surface area contributed by atoms with E-state index in [1.54, 1.807) is 24.3 Å². The third kappa shape index (κ3) is 6.41. The van der Waals surface area contributed by atoms with Crippen LogP contribution in [0.5, 0.6) is 11.5 Å². The molecule has 0 radical (unpaired) electrons. The maximum atomic E-state index is 11.2. The summed E-state index contributed by atoms with van der Waals surface area (Å²) in [6.07, 6.45) is 6.41. The first-order valence-electron chi connectivity index (χ1n) is 9.55. The molecule has 0 heterocycles. The molecule has 1 saturated carbocycles. The molecule has 4 N–H and O–H groups in total. The van der Waals surface area contributed by atoms with E-state index in [9.17, 15) is 19.8 Å². The number of carboxylic acids is 2. The molecule has 0 saturated heterocycles. The van der Waals surface area contributed by atoms with Gasteiger partial charge in [-0.15, -0.1) is 0 Å². The van der Waals surface area contributed by atoms with Crippen molar-refractivity contribution in [3.05, 3.63) is 58.7 Å². The maximum absolute atomic E-state index is 11.2. The molecule has 176 valence electrons. The molecule has 2 aromatic carbocycles. The molecule has 2 unspecified atom stereocenters. The van der Waals surface area contributed by atoms with Gasteiger partial charge in [0.25, 0.3) is 0 Å². The van der Waals surface area contributed by atoms with Crippen LogP contribution < -0.4 is 0 Å². The second-order valence-corrected chi connectivity index (χ2v) is 7.07. The number of benzene rings is 2. The number of aliphatic imine (C=N–C) groups is 2. The largest absolute Gasteiger partial charge is 0.506 e. The molecule has 0 amide bonds. The van der Waals surface area contributed by atoms with Crippen LogP contribution in [-0.4, -0.2) is 56.9 Å². The van der Waals surface area contributed by atoms with Gasteiger partial charge in [-0.2, -0.15) is 0 Å². The molecule has 1 fully saturated rings. The van der Waals surface area contributed by atoms with Gasteiger partial charge in [0.05, 0.1) is 12.1 Å². The first kappa shape index (κ1) is 27.3. The second kappa shape index (κ2) is 12.4. The van der Waals surface area contributed by atoms with E-state index in [2.05, 4.69) is 9.98 Å². The van der Waals surface area contributed by atoms with Crippen molar-refractivity contribution in [3.8, 4) is 11.5 Å². The minimum atomic E-state index is -1.22. The van der Waals surface area contributed by atoms with Crippen molar-refractivity contribution in [3.63, 3.8) is 0 Å². The van der Waals surface area contributed by atoms with Gasteiger partial charge in [-0.3, -0.25) is 9.98 Å². The van der Waals surface area contributed by atoms with Gasteiger partial charge < -0.3 is 20.4 Å². The smallest absolute Gasteiger partial charge is 0.339 e. The summed E-state index contributed by atoms with van der Waals surface area (Å²) in [5.74, 6) is -3.10. The first-order valence-corrected chi connectivity index (χ1v) is 9.55.